The van der Waals surface area contributed by atoms with Crippen molar-refractivity contribution in [2.24, 2.45) is 0 Å². The van der Waals surface area contributed by atoms with Crippen molar-refractivity contribution in [3.63, 3.8) is 0 Å². The highest BCUT2D eigenvalue weighted by Gasteiger charge is 2.40. The van der Waals surface area contributed by atoms with E-state index in [0.717, 1.165) is 23.5 Å². The van der Waals surface area contributed by atoms with E-state index >= 15 is 0 Å². The number of ether oxygens (including phenoxy) is 2. The van der Waals surface area contributed by atoms with Crippen LogP contribution in [0.15, 0.2) is 54.6 Å². The summed E-state index contributed by atoms with van der Waals surface area (Å²) in [5.41, 5.74) is 1.05. The second-order valence-corrected chi connectivity index (χ2v) is 7.79. The molecule has 1 N–H and O–H groups in total. The van der Waals surface area contributed by atoms with Gasteiger partial charge in [0.25, 0.3) is 0 Å². The second-order valence-electron chi connectivity index (χ2n) is 7.79. The highest BCUT2D eigenvalue weighted by Crippen LogP contribution is 2.28. The van der Waals surface area contributed by atoms with Crippen LogP contribution >= 0.6 is 0 Å². The third-order valence-corrected chi connectivity index (χ3v) is 5.43. The maximum absolute atomic E-state index is 12.4. The van der Waals surface area contributed by atoms with E-state index < -0.39 is 6.09 Å². The molecule has 4 rings (SSSR count). The molecule has 1 aliphatic heterocycles. The van der Waals surface area contributed by atoms with Gasteiger partial charge in [-0.1, -0.05) is 37.3 Å². The number of cyclic esters (lactones) is 1. The van der Waals surface area contributed by atoms with Crippen LogP contribution in [0, 0.1) is 6.92 Å². The van der Waals surface area contributed by atoms with E-state index in [0.29, 0.717) is 17.7 Å². The molecular weight excluding hydrogens is 406 g/mol. The van der Waals surface area contributed by atoms with Crippen molar-refractivity contribution >= 4 is 18.0 Å². The van der Waals surface area contributed by atoms with E-state index in [4.69, 9.17) is 9.47 Å². The fourth-order valence-electron chi connectivity index (χ4n) is 3.75. The van der Waals surface area contributed by atoms with Crippen LogP contribution in [0.5, 0.6) is 11.5 Å². The zero-order valence-electron chi connectivity index (χ0n) is 18.6. The minimum Gasteiger partial charge on any atom is -0.457 e. The first-order chi connectivity index (χ1) is 15.4. The number of anilines is 2. The van der Waals surface area contributed by atoms with Crippen LogP contribution in [0.25, 0.3) is 0 Å². The van der Waals surface area contributed by atoms with Crippen molar-refractivity contribution in [1.82, 2.24) is 15.0 Å². The van der Waals surface area contributed by atoms with Gasteiger partial charge in [-0.3, -0.25) is 0 Å². The van der Waals surface area contributed by atoms with Gasteiger partial charge in [-0.25, -0.2) is 9.69 Å². The van der Waals surface area contributed by atoms with Gasteiger partial charge in [0.05, 0.1) is 12.1 Å². The Bertz CT molecular complexity index is 1070. The molecule has 0 spiro atoms. The number of hydrogen-bond acceptors (Lipinski definition) is 7. The summed E-state index contributed by atoms with van der Waals surface area (Å²) in [7, 11) is 0. The molecule has 2 heterocycles. The first kappa shape index (κ1) is 21.5. The Morgan fingerprint density at radius 1 is 1.06 bits per heavy atom. The summed E-state index contributed by atoms with van der Waals surface area (Å²) in [5, 5.41) is 3.31. The Morgan fingerprint density at radius 3 is 2.44 bits per heavy atom. The smallest absolute Gasteiger partial charge is 0.417 e. The summed E-state index contributed by atoms with van der Waals surface area (Å²) in [6.07, 6.45) is 0.105. The van der Waals surface area contributed by atoms with Gasteiger partial charge >= 0.3 is 6.09 Å². The first-order valence-electron chi connectivity index (χ1n) is 10.8. The summed E-state index contributed by atoms with van der Waals surface area (Å²) in [4.78, 5) is 27.2. The number of nitrogens with zero attached hydrogens (tertiary/aromatic N) is 4. The standard InChI is InChI=1S/C24H27N5O3/c1-5-21-16(3)31-24(30)29(21)23-27-17(4)26-22(28-23)25-15(2)18-11-13-20(14-12-18)32-19-9-7-6-8-10-19/h6-16,21H,5H2,1-4H3,(H,25,26,27,28)/t15-,16+,21-/m0/s1. The van der Waals surface area contributed by atoms with Crippen molar-refractivity contribution in [2.75, 3.05) is 10.2 Å². The minimum atomic E-state index is -0.428. The van der Waals surface area contributed by atoms with E-state index in [1.54, 1.807) is 6.92 Å². The third-order valence-electron chi connectivity index (χ3n) is 5.43. The van der Waals surface area contributed by atoms with Crippen LogP contribution in [0.1, 0.15) is 44.6 Å². The quantitative estimate of drug-likeness (QED) is 0.543. The molecule has 1 amide bonds. The molecule has 1 saturated heterocycles. The number of hydrogen-bond donors (Lipinski definition) is 1. The number of aromatic nitrogens is 3. The van der Waals surface area contributed by atoms with Gasteiger partial charge in [-0.05, 0) is 57.0 Å². The van der Waals surface area contributed by atoms with Crippen molar-refractivity contribution in [3.8, 4) is 11.5 Å². The molecule has 0 radical (unpaired) electrons. The highest BCUT2D eigenvalue weighted by molar-refractivity contribution is 5.88. The Balaban J connectivity index is 1.48. The second kappa shape index (κ2) is 9.21. The molecule has 1 aliphatic rings. The number of amides is 1. The fourth-order valence-corrected chi connectivity index (χ4v) is 3.75. The number of aryl methyl sites for hydroxylation is 1. The maximum Gasteiger partial charge on any atom is 0.417 e. The maximum atomic E-state index is 12.4. The molecule has 0 aliphatic carbocycles. The topological polar surface area (TPSA) is 89.5 Å². The predicted octanol–water partition coefficient (Wildman–Crippen LogP) is 5.27. The average molecular weight is 434 g/mol. The Kier molecular flexibility index (Phi) is 6.20. The van der Waals surface area contributed by atoms with E-state index in [1.807, 2.05) is 75.4 Å². The fraction of sp³-hybridized carbons (Fsp3) is 0.333. The van der Waals surface area contributed by atoms with Gasteiger partial charge in [0.15, 0.2) is 0 Å². The van der Waals surface area contributed by atoms with Gasteiger partial charge < -0.3 is 14.8 Å². The molecular formula is C24H27N5O3. The molecule has 3 aromatic rings. The average Bonchev–Trinajstić information content (AvgIpc) is 3.07. The Hall–Kier alpha value is -3.68. The lowest BCUT2D eigenvalue weighted by atomic mass is 10.1. The molecule has 8 nitrogen and oxygen atoms in total. The zero-order valence-corrected chi connectivity index (χ0v) is 18.6. The molecule has 0 bridgehead atoms. The van der Waals surface area contributed by atoms with E-state index in [2.05, 4.69) is 20.3 Å². The third kappa shape index (κ3) is 4.64. The van der Waals surface area contributed by atoms with Crippen LogP contribution in [0.4, 0.5) is 16.7 Å². The van der Waals surface area contributed by atoms with Gasteiger partial charge in [-0.2, -0.15) is 15.0 Å². The number of benzene rings is 2. The molecule has 166 valence electrons. The van der Waals surface area contributed by atoms with E-state index in [9.17, 15) is 4.79 Å². The Labute approximate surface area is 187 Å². The number of carbonyl (C=O) groups is 1. The van der Waals surface area contributed by atoms with Crippen LogP contribution in [0.3, 0.4) is 0 Å². The SMILES string of the molecule is CC[C@H]1[C@@H](C)OC(=O)N1c1nc(C)nc(N[C@@H](C)c2ccc(Oc3ccccc3)cc2)n1. The molecule has 8 heteroatoms. The summed E-state index contributed by atoms with van der Waals surface area (Å²) >= 11 is 0. The Morgan fingerprint density at radius 2 is 1.75 bits per heavy atom. The molecule has 2 aromatic carbocycles. The van der Waals surface area contributed by atoms with Gasteiger partial charge in [0, 0.05) is 0 Å². The summed E-state index contributed by atoms with van der Waals surface area (Å²) < 4.78 is 11.2. The van der Waals surface area contributed by atoms with E-state index in [1.165, 1.54) is 4.90 Å². The van der Waals surface area contributed by atoms with Crippen molar-refractivity contribution in [1.29, 1.82) is 0 Å². The summed E-state index contributed by atoms with van der Waals surface area (Å²) in [6, 6.07) is 17.3. The summed E-state index contributed by atoms with van der Waals surface area (Å²) in [6.45, 7) is 7.69. The summed E-state index contributed by atoms with van der Waals surface area (Å²) in [5.74, 6) is 2.79. The van der Waals surface area contributed by atoms with Crippen molar-refractivity contribution in [3.05, 3.63) is 66.0 Å². The van der Waals surface area contributed by atoms with Crippen LogP contribution in [-0.2, 0) is 4.74 Å². The first-order valence-corrected chi connectivity index (χ1v) is 10.8. The van der Waals surface area contributed by atoms with Gasteiger partial charge in [0.2, 0.25) is 11.9 Å². The lowest BCUT2D eigenvalue weighted by Gasteiger charge is -2.21. The molecule has 0 unspecified atom stereocenters. The number of para-hydroxylation sites is 1. The largest absolute Gasteiger partial charge is 0.457 e. The molecule has 1 fully saturated rings. The number of rotatable bonds is 7. The highest BCUT2D eigenvalue weighted by atomic mass is 16.6. The van der Waals surface area contributed by atoms with Crippen LogP contribution in [0.2, 0.25) is 0 Å². The molecule has 3 atom stereocenters. The normalized spacial score (nSPS) is 18.9. The molecule has 0 saturated carbocycles. The van der Waals surface area contributed by atoms with Crippen LogP contribution in [-0.4, -0.2) is 33.2 Å². The van der Waals surface area contributed by atoms with Crippen molar-refractivity contribution in [2.45, 2.75) is 52.3 Å². The number of nitrogens with one attached hydrogen (secondary N) is 1. The van der Waals surface area contributed by atoms with Crippen LogP contribution < -0.4 is 15.0 Å². The molecule has 32 heavy (non-hydrogen) atoms. The van der Waals surface area contributed by atoms with Gasteiger partial charge in [0.1, 0.15) is 23.4 Å². The lowest BCUT2D eigenvalue weighted by molar-refractivity contribution is 0.141. The monoisotopic (exact) mass is 433 g/mol. The van der Waals surface area contributed by atoms with Crippen molar-refractivity contribution < 1.29 is 14.3 Å². The molecule has 1 aromatic heterocycles. The number of carbonyl (C=O) groups excluding carboxylic acids is 1. The predicted molar refractivity (Wildman–Crippen MR) is 122 cm³/mol. The minimum absolute atomic E-state index is 0.0677. The lowest BCUT2D eigenvalue weighted by Crippen LogP contribution is -2.37. The van der Waals surface area contributed by atoms with Gasteiger partial charge in [-0.15, -0.1) is 0 Å². The van der Waals surface area contributed by atoms with E-state index in [-0.39, 0.29) is 18.2 Å². The zero-order chi connectivity index (χ0) is 22.7.